The van der Waals surface area contributed by atoms with E-state index in [9.17, 15) is 4.79 Å². The smallest absolute Gasteiger partial charge is 0.143 e. The molecule has 0 spiro atoms. The van der Waals surface area contributed by atoms with Gasteiger partial charge in [-0.25, -0.2) is 0 Å². The predicted octanol–water partition coefficient (Wildman–Crippen LogP) is 3.84. The van der Waals surface area contributed by atoms with Gasteiger partial charge in [0.05, 0.1) is 22.8 Å². The van der Waals surface area contributed by atoms with Crippen LogP contribution in [-0.4, -0.2) is 15.6 Å². The maximum Gasteiger partial charge on any atom is 0.143 e. The molecule has 0 radical (unpaired) electrons. The lowest BCUT2D eigenvalue weighted by Crippen LogP contribution is -2.12. The van der Waals surface area contributed by atoms with E-state index in [1.54, 1.807) is 0 Å². The highest BCUT2D eigenvalue weighted by molar-refractivity contribution is 6.32. The van der Waals surface area contributed by atoms with Gasteiger partial charge >= 0.3 is 0 Å². The number of nitrogens with zero attached hydrogens (tertiary/aromatic N) is 2. The molecule has 21 heavy (non-hydrogen) atoms. The molecular weight excluding hydrogens is 284 g/mol. The lowest BCUT2D eigenvalue weighted by atomic mass is 9.99. The van der Waals surface area contributed by atoms with Crippen molar-refractivity contribution in [2.24, 2.45) is 0 Å². The number of benzene rings is 1. The summed E-state index contributed by atoms with van der Waals surface area (Å²) in [6.07, 6.45) is 0.776. The van der Waals surface area contributed by atoms with Gasteiger partial charge in [-0.2, -0.15) is 5.10 Å². The molecule has 0 saturated carbocycles. The number of rotatable bonds is 5. The van der Waals surface area contributed by atoms with Crippen molar-refractivity contribution in [3.8, 4) is 0 Å². The van der Waals surface area contributed by atoms with Crippen LogP contribution in [0.5, 0.6) is 0 Å². The summed E-state index contributed by atoms with van der Waals surface area (Å²) >= 11 is 6.26. The molecule has 0 N–H and O–H groups in total. The fourth-order valence-electron chi connectivity index (χ4n) is 2.49. The van der Waals surface area contributed by atoms with E-state index in [-0.39, 0.29) is 5.78 Å². The molecule has 3 nitrogen and oxygen atoms in total. The minimum atomic E-state index is 0.167. The third-order valence-electron chi connectivity index (χ3n) is 3.71. The van der Waals surface area contributed by atoms with Crippen molar-refractivity contribution in [1.82, 2.24) is 9.78 Å². The summed E-state index contributed by atoms with van der Waals surface area (Å²) in [6, 6.07) is 6.21. The standard InChI is InChI=1S/C17H21ClN2O/c1-5-20-16(17(18)13(4)19-20)10-15(21)9-14-8-11(2)6-7-12(14)3/h6-8H,5,9-10H2,1-4H3. The van der Waals surface area contributed by atoms with Crippen LogP contribution in [-0.2, 0) is 24.2 Å². The third kappa shape index (κ3) is 3.53. The van der Waals surface area contributed by atoms with Gasteiger partial charge in [0.2, 0.25) is 0 Å². The van der Waals surface area contributed by atoms with Crippen LogP contribution < -0.4 is 0 Å². The Hall–Kier alpha value is -1.61. The van der Waals surface area contributed by atoms with E-state index in [1.807, 2.05) is 32.4 Å². The zero-order valence-corrected chi connectivity index (χ0v) is 13.8. The first kappa shape index (κ1) is 15.8. The lowest BCUT2D eigenvalue weighted by molar-refractivity contribution is -0.117. The van der Waals surface area contributed by atoms with E-state index in [0.29, 0.717) is 17.9 Å². The number of aromatic nitrogens is 2. The number of hydrogen-bond acceptors (Lipinski definition) is 2. The summed E-state index contributed by atoms with van der Waals surface area (Å²) in [6.45, 7) is 8.67. The van der Waals surface area contributed by atoms with Crippen molar-refractivity contribution in [2.75, 3.05) is 0 Å². The number of aryl methyl sites for hydroxylation is 4. The SMILES string of the molecule is CCn1nc(C)c(Cl)c1CC(=O)Cc1cc(C)ccc1C. The number of carbonyl (C=O) groups excluding carboxylic acids is 1. The van der Waals surface area contributed by atoms with Crippen LogP contribution in [0, 0.1) is 20.8 Å². The Kier molecular flexibility index (Phi) is 4.84. The summed E-state index contributed by atoms with van der Waals surface area (Å²) in [5.41, 5.74) is 5.03. The summed E-state index contributed by atoms with van der Waals surface area (Å²) in [7, 11) is 0. The second kappa shape index (κ2) is 6.44. The monoisotopic (exact) mass is 304 g/mol. The van der Waals surface area contributed by atoms with Gasteiger partial charge in [0, 0.05) is 13.0 Å². The fraction of sp³-hybridized carbons (Fsp3) is 0.412. The van der Waals surface area contributed by atoms with Gasteiger partial charge in [-0.15, -0.1) is 0 Å². The molecule has 0 fully saturated rings. The fourth-order valence-corrected chi connectivity index (χ4v) is 2.69. The van der Waals surface area contributed by atoms with E-state index in [0.717, 1.165) is 29.1 Å². The quantitative estimate of drug-likeness (QED) is 0.841. The highest BCUT2D eigenvalue weighted by Crippen LogP contribution is 2.22. The van der Waals surface area contributed by atoms with E-state index in [2.05, 4.69) is 23.3 Å². The molecule has 0 saturated heterocycles. The van der Waals surface area contributed by atoms with E-state index >= 15 is 0 Å². The van der Waals surface area contributed by atoms with Crippen LogP contribution in [0.3, 0.4) is 0 Å². The minimum absolute atomic E-state index is 0.167. The van der Waals surface area contributed by atoms with Crippen LogP contribution in [0.15, 0.2) is 18.2 Å². The van der Waals surface area contributed by atoms with Gasteiger partial charge < -0.3 is 0 Å². The molecule has 112 valence electrons. The van der Waals surface area contributed by atoms with Crippen molar-refractivity contribution < 1.29 is 4.79 Å². The molecular formula is C17H21ClN2O. The molecule has 0 aliphatic heterocycles. The average Bonchev–Trinajstić information content (AvgIpc) is 2.70. The predicted molar refractivity (Wildman–Crippen MR) is 86.0 cm³/mol. The van der Waals surface area contributed by atoms with Crippen molar-refractivity contribution >= 4 is 17.4 Å². The van der Waals surface area contributed by atoms with Crippen LogP contribution >= 0.6 is 11.6 Å². The van der Waals surface area contributed by atoms with Crippen molar-refractivity contribution in [3.05, 3.63) is 51.3 Å². The Bertz CT molecular complexity index is 674. The van der Waals surface area contributed by atoms with Crippen molar-refractivity contribution in [1.29, 1.82) is 0 Å². The topological polar surface area (TPSA) is 34.9 Å². The summed E-state index contributed by atoms with van der Waals surface area (Å²) < 4.78 is 1.82. The zero-order chi connectivity index (χ0) is 15.6. The largest absolute Gasteiger partial charge is 0.299 e. The molecule has 1 heterocycles. The summed E-state index contributed by atoms with van der Waals surface area (Å²) in [5.74, 6) is 0.167. The molecule has 0 aliphatic carbocycles. The van der Waals surface area contributed by atoms with Crippen molar-refractivity contribution in [3.63, 3.8) is 0 Å². The second-order valence-electron chi connectivity index (χ2n) is 5.48. The maximum absolute atomic E-state index is 12.4. The Morgan fingerprint density at radius 2 is 1.95 bits per heavy atom. The molecule has 0 atom stereocenters. The van der Waals surface area contributed by atoms with Crippen LogP contribution in [0.1, 0.15) is 35.0 Å². The van der Waals surface area contributed by atoms with Gasteiger partial charge in [0.15, 0.2) is 0 Å². The first-order chi connectivity index (χ1) is 9.92. The Balaban J connectivity index is 2.17. The van der Waals surface area contributed by atoms with Gasteiger partial charge in [0.1, 0.15) is 5.78 Å². The third-order valence-corrected chi connectivity index (χ3v) is 4.20. The number of Topliss-reactive ketones (excluding diaryl/α,β-unsaturated/α-hetero) is 1. The number of halogens is 1. The number of carbonyl (C=O) groups is 1. The summed E-state index contributed by atoms with van der Waals surface area (Å²) in [5, 5.41) is 4.97. The van der Waals surface area contributed by atoms with E-state index < -0.39 is 0 Å². The van der Waals surface area contributed by atoms with Gasteiger partial charge in [0.25, 0.3) is 0 Å². The minimum Gasteiger partial charge on any atom is -0.299 e. The van der Waals surface area contributed by atoms with Gasteiger partial charge in [-0.1, -0.05) is 35.4 Å². The van der Waals surface area contributed by atoms with Crippen molar-refractivity contribution in [2.45, 2.75) is 47.1 Å². The Labute approximate surface area is 130 Å². The van der Waals surface area contributed by atoms with Gasteiger partial charge in [-0.05, 0) is 38.8 Å². The zero-order valence-electron chi connectivity index (χ0n) is 13.0. The first-order valence-electron chi connectivity index (χ1n) is 7.22. The van der Waals surface area contributed by atoms with E-state index in [1.165, 1.54) is 5.56 Å². The molecule has 1 aromatic heterocycles. The molecule has 4 heteroatoms. The average molecular weight is 305 g/mol. The van der Waals surface area contributed by atoms with Gasteiger partial charge in [-0.3, -0.25) is 9.48 Å². The molecule has 1 aromatic carbocycles. The van der Waals surface area contributed by atoms with Crippen LogP contribution in [0.4, 0.5) is 0 Å². The Morgan fingerprint density at radius 3 is 2.62 bits per heavy atom. The lowest BCUT2D eigenvalue weighted by Gasteiger charge is -2.08. The van der Waals surface area contributed by atoms with Crippen LogP contribution in [0.2, 0.25) is 5.02 Å². The molecule has 0 amide bonds. The summed E-state index contributed by atoms with van der Waals surface area (Å²) in [4.78, 5) is 12.4. The first-order valence-corrected chi connectivity index (χ1v) is 7.59. The highest BCUT2D eigenvalue weighted by Gasteiger charge is 2.16. The Morgan fingerprint density at radius 1 is 1.24 bits per heavy atom. The molecule has 0 aliphatic rings. The molecule has 0 bridgehead atoms. The molecule has 2 rings (SSSR count). The number of ketones is 1. The maximum atomic E-state index is 12.4. The number of hydrogen-bond donors (Lipinski definition) is 0. The second-order valence-corrected chi connectivity index (χ2v) is 5.86. The highest BCUT2D eigenvalue weighted by atomic mass is 35.5. The van der Waals surface area contributed by atoms with E-state index in [4.69, 9.17) is 11.6 Å². The normalized spacial score (nSPS) is 10.9. The molecule has 2 aromatic rings. The van der Waals surface area contributed by atoms with Crippen LogP contribution in [0.25, 0.3) is 0 Å². The molecule has 0 unspecified atom stereocenters.